The molecule has 29 heavy (non-hydrogen) atoms. The molecule has 1 fully saturated rings. The van der Waals surface area contributed by atoms with Crippen molar-refractivity contribution in [3.05, 3.63) is 41.5 Å². The number of hydrogen-bond donors (Lipinski definition) is 4. The van der Waals surface area contributed by atoms with E-state index in [1.807, 2.05) is 43.3 Å². The van der Waals surface area contributed by atoms with E-state index in [4.69, 9.17) is 5.21 Å². The summed E-state index contributed by atoms with van der Waals surface area (Å²) in [4.78, 5) is 25.5. The lowest BCUT2D eigenvalue weighted by atomic mass is 9.72. The normalized spacial score (nSPS) is 17.4. The van der Waals surface area contributed by atoms with E-state index in [-0.39, 0.29) is 5.92 Å². The van der Waals surface area contributed by atoms with Gasteiger partial charge in [0, 0.05) is 12.6 Å². The smallest absolute Gasteiger partial charge is 0.324 e. The molecule has 0 saturated heterocycles. The average molecular weight is 404 g/mol. The number of carbonyl (C=O) groups is 2. The van der Waals surface area contributed by atoms with Crippen LogP contribution in [0.5, 0.6) is 0 Å². The number of amides is 1. The highest BCUT2D eigenvalue weighted by molar-refractivity contribution is 5.90. The Hall–Kier alpha value is -2.22. The molecule has 1 saturated carbocycles. The van der Waals surface area contributed by atoms with E-state index < -0.39 is 17.4 Å². The summed E-state index contributed by atoms with van der Waals surface area (Å²) in [7, 11) is 3.94. The number of hydrogen-bond acceptors (Lipinski definition) is 5. The van der Waals surface area contributed by atoms with Gasteiger partial charge in [0.15, 0.2) is 0 Å². The zero-order chi connectivity index (χ0) is 21.3. The maximum atomic E-state index is 12.4. The van der Waals surface area contributed by atoms with E-state index in [0.717, 1.165) is 36.8 Å². The van der Waals surface area contributed by atoms with Crippen molar-refractivity contribution in [1.29, 1.82) is 0 Å². The molecule has 1 aromatic rings. The highest BCUT2D eigenvalue weighted by Crippen LogP contribution is 2.35. The van der Waals surface area contributed by atoms with Crippen LogP contribution in [0, 0.1) is 5.92 Å². The summed E-state index contributed by atoms with van der Waals surface area (Å²) in [6, 6.07) is 7.56. The van der Waals surface area contributed by atoms with E-state index in [1.54, 1.807) is 11.6 Å². The Morgan fingerprint density at radius 3 is 2.38 bits per heavy atom. The van der Waals surface area contributed by atoms with Gasteiger partial charge in [0.05, 0.1) is 0 Å². The standard InChI is InChI=1S/C22H33N3O4/c1-25(2)15-14-22(21(27)28,19-6-4-3-5-7-19)23-16-18-10-8-17(9-11-18)12-13-20(26)24-29/h8-13,19,23,29H,3-7,14-16H2,1-2H3,(H,24,26)(H,27,28)/b13-12+/t22-/m0/s1. The average Bonchev–Trinajstić information content (AvgIpc) is 2.73. The summed E-state index contributed by atoms with van der Waals surface area (Å²) >= 11 is 0. The molecule has 4 N–H and O–H groups in total. The number of nitrogens with zero attached hydrogens (tertiary/aromatic N) is 1. The molecule has 7 heteroatoms. The second-order valence-corrected chi connectivity index (χ2v) is 8.07. The van der Waals surface area contributed by atoms with Gasteiger partial charge in [-0.1, -0.05) is 43.5 Å². The molecule has 1 atom stereocenters. The summed E-state index contributed by atoms with van der Waals surface area (Å²) in [5.74, 6) is -1.22. The minimum absolute atomic E-state index is 0.132. The van der Waals surface area contributed by atoms with Crippen LogP contribution in [0.25, 0.3) is 6.08 Å². The molecule has 0 spiro atoms. The molecule has 7 nitrogen and oxygen atoms in total. The maximum absolute atomic E-state index is 12.4. The summed E-state index contributed by atoms with van der Waals surface area (Å²) in [5.41, 5.74) is 2.43. The van der Waals surface area contributed by atoms with Crippen molar-refractivity contribution in [3.63, 3.8) is 0 Å². The minimum atomic E-state index is -0.928. The van der Waals surface area contributed by atoms with Gasteiger partial charge >= 0.3 is 5.97 Å². The first-order chi connectivity index (χ1) is 13.9. The van der Waals surface area contributed by atoms with E-state index in [0.29, 0.717) is 19.5 Å². The largest absolute Gasteiger partial charge is 0.480 e. The summed E-state index contributed by atoms with van der Waals surface area (Å²) in [5, 5.41) is 22.1. The highest BCUT2D eigenvalue weighted by atomic mass is 16.5. The van der Waals surface area contributed by atoms with E-state index in [9.17, 15) is 14.7 Å². The molecule has 0 unspecified atom stereocenters. The van der Waals surface area contributed by atoms with Crippen molar-refractivity contribution in [2.75, 3.05) is 20.6 Å². The Balaban J connectivity index is 2.12. The second kappa shape index (κ2) is 11.1. The van der Waals surface area contributed by atoms with Gasteiger partial charge < -0.3 is 10.0 Å². The van der Waals surface area contributed by atoms with Crippen LogP contribution in [0.15, 0.2) is 30.3 Å². The van der Waals surface area contributed by atoms with Gasteiger partial charge in [0.1, 0.15) is 5.54 Å². The highest BCUT2D eigenvalue weighted by Gasteiger charge is 2.45. The number of nitrogens with one attached hydrogen (secondary N) is 2. The minimum Gasteiger partial charge on any atom is -0.480 e. The zero-order valence-corrected chi connectivity index (χ0v) is 17.4. The molecular weight excluding hydrogens is 370 g/mol. The van der Waals surface area contributed by atoms with Gasteiger partial charge in [0.2, 0.25) is 0 Å². The summed E-state index contributed by atoms with van der Waals surface area (Å²) in [6.07, 6.45) is 8.67. The molecule has 0 radical (unpaired) electrons. The van der Waals surface area contributed by atoms with Crippen LogP contribution in [0.3, 0.4) is 0 Å². The molecule has 1 amide bonds. The fourth-order valence-corrected chi connectivity index (χ4v) is 4.00. The van der Waals surface area contributed by atoms with Gasteiger partial charge in [0.25, 0.3) is 5.91 Å². The summed E-state index contributed by atoms with van der Waals surface area (Å²) < 4.78 is 0. The molecule has 160 valence electrons. The van der Waals surface area contributed by atoms with Gasteiger partial charge in [-0.25, -0.2) is 5.48 Å². The zero-order valence-electron chi connectivity index (χ0n) is 17.4. The van der Waals surface area contributed by atoms with E-state index in [2.05, 4.69) is 5.32 Å². The first kappa shape index (κ1) is 23.1. The monoisotopic (exact) mass is 403 g/mol. The predicted molar refractivity (Wildman–Crippen MR) is 112 cm³/mol. The third-order valence-electron chi connectivity index (χ3n) is 5.76. The second-order valence-electron chi connectivity index (χ2n) is 8.07. The third-order valence-corrected chi connectivity index (χ3v) is 5.76. The molecule has 0 aliphatic heterocycles. The number of rotatable bonds is 10. The lowest BCUT2D eigenvalue weighted by Crippen LogP contribution is -2.58. The van der Waals surface area contributed by atoms with Crippen molar-refractivity contribution in [2.45, 2.75) is 50.6 Å². The van der Waals surface area contributed by atoms with Crippen molar-refractivity contribution < 1.29 is 19.9 Å². The number of carbonyl (C=O) groups excluding carboxylic acids is 1. The van der Waals surface area contributed by atoms with E-state index in [1.165, 1.54) is 12.5 Å². The van der Waals surface area contributed by atoms with Crippen LogP contribution in [0.1, 0.15) is 49.7 Å². The predicted octanol–water partition coefficient (Wildman–Crippen LogP) is 2.65. The fraction of sp³-hybridized carbons (Fsp3) is 0.545. The molecule has 1 aliphatic rings. The Morgan fingerprint density at radius 2 is 1.83 bits per heavy atom. The Kier molecular flexibility index (Phi) is 8.82. The van der Waals surface area contributed by atoms with Crippen LogP contribution < -0.4 is 10.8 Å². The Bertz CT molecular complexity index is 697. The van der Waals surface area contributed by atoms with Gasteiger partial charge in [-0.3, -0.25) is 20.1 Å². The van der Waals surface area contributed by atoms with Gasteiger partial charge in [-0.05, 0) is 63.0 Å². The van der Waals surface area contributed by atoms with Gasteiger partial charge in [-0.15, -0.1) is 0 Å². The fourth-order valence-electron chi connectivity index (χ4n) is 4.00. The van der Waals surface area contributed by atoms with Gasteiger partial charge in [-0.2, -0.15) is 0 Å². The number of benzene rings is 1. The van der Waals surface area contributed by atoms with E-state index >= 15 is 0 Å². The lowest BCUT2D eigenvalue weighted by Gasteiger charge is -2.41. The van der Waals surface area contributed by atoms with Crippen molar-refractivity contribution in [3.8, 4) is 0 Å². The van der Waals surface area contributed by atoms with Crippen LogP contribution in [0.2, 0.25) is 0 Å². The third kappa shape index (κ3) is 6.66. The number of carboxylic acids is 1. The van der Waals surface area contributed by atoms with Crippen LogP contribution in [-0.2, 0) is 16.1 Å². The molecular formula is C22H33N3O4. The number of carboxylic acid groups (broad SMARTS) is 1. The lowest BCUT2D eigenvalue weighted by molar-refractivity contribution is -0.149. The first-order valence-electron chi connectivity index (χ1n) is 10.2. The Labute approximate surface area is 172 Å². The molecule has 1 aromatic carbocycles. The summed E-state index contributed by atoms with van der Waals surface area (Å²) in [6.45, 7) is 1.18. The molecule has 0 aromatic heterocycles. The Morgan fingerprint density at radius 1 is 1.17 bits per heavy atom. The van der Waals surface area contributed by atoms with Crippen LogP contribution in [-0.4, -0.2) is 53.3 Å². The molecule has 1 aliphatic carbocycles. The number of aliphatic carboxylic acids is 1. The first-order valence-corrected chi connectivity index (χ1v) is 10.2. The van der Waals surface area contributed by atoms with Crippen LogP contribution >= 0.6 is 0 Å². The maximum Gasteiger partial charge on any atom is 0.324 e. The topological polar surface area (TPSA) is 102 Å². The van der Waals surface area contributed by atoms with Crippen LogP contribution in [0.4, 0.5) is 0 Å². The molecule has 0 bridgehead atoms. The quantitative estimate of drug-likeness (QED) is 0.272. The molecule has 0 heterocycles. The van der Waals surface area contributed by atoms with Crippen molar-refractivity contribution in [2.24, 2.45) is 5.92 Å². The van der Waals surface area contributed by atoms with Crippen molar-refractivity contribution in [1.82, 2.24) is 15.7 Å². The van der Waals surface area contributed by atoms with Crippen molar-refractivity contribution >= 4 is 18.0 Å². The number of hydroxylamine groups is 1. The molecule has 2 rings (SSSR count). The SMILES string of the molecule is CN(C)CC[C@@](NCc1ccc(/C=C/C(=O)NO)cc1)(C(=O)O)C1CCCCC1.